The van der Waals surface area contributed by atoms with E-state index in [4.69, 9.17) is 17.3 Å². The molecule has 0 aliphatic carbocycles. The molecule has 0 saturated heterocycles. The molecular weight excluding hydrogens is 166 g/mol. The standard InChI is InChI=1S/C6H8ClN3O/c1-3-9-5(7)4(8)6(11)10(3)2/h8H2,1-2H3. The molecule has 60 valence electrons. The SMILES string of the molecule is Cc1nc(Cl)c(N)c(=O)n1C. The molecule has 11 heavy (non-hydrogen) atoms. The number of halogens is 1. The quantitative estimate of drug-likeness (QED) is 0.575. The predicted molar refractivity (Wildman–Crippen MR) is 43.6 cm³/mol. The van der Waals surface area contributed by atoms with Crippen LogP contribution in [0.2, 0.25) is 5.15 Å². The zero-order chi connectivity index (χ0) is 8.59. The lowest BCUT2D eigenvalue weighted by Crippen LogP contribution is -2.23. The van der Waals surface area contributed by atoms with Crippen LogP contribution in [-0.4, -0.2) is 9.55 Å². The first-order valence-electron chi connectivity index (χ1n) is 3.02. The van der Waals surface area contributed by atoms with Crippen molar-refractivity contribution >= 4 is 17.3 Å². The Balaban J connectivity index is 3.59. The summed E-state index contributed by atoms with van der Waals surface area (Å²) in [5, 5.41) is 0.0746. The molecule has 0 radical (unpaired) electrons. The maximum atomic E-state index is 11.1. The molecule has 1 rings (SSSR count). The van der Waals surface area contributed by atoms with Gasteiger partial charge in [0.15, 0.2) is 5.15 Å². The summed E-state index contributed by atoms with van der Waals surface area (Å²) in [6, 6.07) is 0. The Morgan fingerprint density at radius 2 is 2.18 bits per heavy atom. The first-order chi connectivity index (χ1) is 5.04. The molecule has 0 spiro atoms. The average molecular weight is 174 g/mol. The van der Waals surface area contributed by atoms with E-state index in [0.717, 1.165) is 0 Å². The number of rotatable bonds is 0. The molecule has 0 atom stereocenters. The monoisotopic (exact) mass is 173 g/mol. The zero-order valence-corrected chi connectivity index (χ0v) is 7.01. The summed E-state index contributed by atoms with van der Waals surface area (Å²) in [4.78, 5) is 15.0. The van der Waals surface area contributed by atoms with Crippen LogP contribution in [0.5, 0.6) is 0 Å². The molecule has 1 aromatic heterocycles. The van der Waals surface area contributed by atoms with Crippen LogP contribution in [0.1, 0.15) is 5.82 Å². The average Bonchev–Trinajstić information content (AvgIpc) is 1.97. The molecule has 0 saturated carbocycles. The minimum Gasteiger partial charge on any atom is -0.392 e. The summed E-state index contributed by atoms with van der Waals surface area (Å²) in [5.41, 5.74) is 5.02. The van der Waals surface area contributed by atoms with Gasteiger partial charge in [0.2, 0.25) is 0 Å². The summed E-state index contributed by atoms with van der Waals surface area (Å²) in [6.07, 6.45) is 0. The molecule has 0 unspecified atom stereocenters. The third-order valence-electron chi connectivity index (χ3n) is 1.50. The predicted octanol–water partition coefficient (Wildman–Crippen LogP) is 0.324. The molecular formula is C6H8ClN3O. The molecule has 0 amide bonds. The van der Waals surface area contributed by atoms with Crippen molar-refractivity contribution in [2.45, 2.75) is 6.92 Å². The summed E-state index contributed by atoms with van der Waals surface area (Å²) in [6.45, 7) is 1.69. The third kappa shape index (κ3) is 1.21. The third-order valence-corrected chi connectivity index (χ3v) is 1.79. The Morgan fingerprint density at radius 3 is 2.73 bits per heavy atom. The molecule has 0 fully saturated rings. The van der Waals surface area contributed by atoms with Gasteiger partial charge in [0.1, 0.15) is 11.5 Å². The van der Waals surface area contributed by atoms with Gasteiger partial charge in [-0.1, -0.05) is 11.6 Å². The van der Waals surface area contributed by atoms with Crippen LogP contribution in [-0.2, 0) is 7.05 Å². The number of nitrogen functional groups attached to an aromatic ring is 1. The van der Waals surface area contributed by atoms with Gasteiger partial charge >= 0.3 is 0 Å². The van der Waals surface area contributed by atoms with E-state index in [1.807, 2.05) is 0 Å². The number of aryl methyl sites for hydroxylation is 1. The second-order valence-electron chi connectivity index (χ2n) is 2.23. The summed E-state index contributed by atoms with van der Waals surface area (Å²) < 4.78 is 1.35. The molecule has 0 aliphatic rings. The molecule has 0 bridgehead atoms. The lowest BCUT2D eigenvalue weighted by atomic mass is 10.5. The number of nitrogens with two attached hydrogens (primary N) is 1. The normalized spacial score (nSPS) is 10.1. The van der Waals surface area contributed by atoms with Crippen LogP contribution >= 0.6 is 11.6 Å². The van der Waals surface area contributed by atoms with Gasteiger partial charge in [0.05, 0.1) is 0 Å². The van der Waals surface area contributed by atoms with Crippen molar-refractivity contribution in [3.8, 4) is 0 Å². The number of hydrogen-bond acceptors (Lipinski definition) is 3. The highest BCUT2D eigenvalue weighted by atomic mass is 35.5. The van der Waals surface area contributed by atoms with Crippen molar-refractivity contribution in [2.75, 3.05) is 5.73 Å². The molecule has 4 nitrogen and oxygen atoms in total. The van der Waals surface area contributed by atoms with E-state index in [2.05, 4.69) is 4.98 Å². The summed E-state index contributed by atoms with van der Waals surface area (Å²) >= 11 is 5.54. The van der Waals surface area contributed by atoms with E-state index in [-0.39, 0.29) is 16.4 Å². The highest BCUT2D eigenvalue weighted by Crippen LogP contribution is 2.09. The van der Waals surface area contributed by atoms with Crippen molar-refractivity contribution in [1.82, 2.24) is 9.55 Å². The van der Waals surface area contributed by atoms with Crippen molar-refractivity contribution in [1.29, 1.82) is 0 Å². The molecule has 5 heteroatoms. The first-order valence-corrected chi connectivity index (χ1v) is 3.40. The zero-order valence-electron chi connectivity index (χ0n) is 6.26. The fourth-order valence-electron chi connectivity index (χ4n) is 0.693. The van der Waals surface area contributed by atoms with E-state index >= 15 is 0 Å². The van der Waals surface area contributed by atoms with Gasteiger partial charge in [0.25, 0.3) is 5.56 Å². The Kier molecular flexibility index (Phi) is 1.87. The van der Waals surface area contributed by atoms with Gasteiger partial charge in [0, 0.05) is 7.05 Å². The van der Waals surface area contributed by atoms with E-state index < -0.39 is 0 Å². The van der Waals surface area contributed by atoms with Crippen LogP contribution in [0, 0.1) is 6.92 Å². The molecule has 0 aromatic carbocycles. The highest BCUT2D eigenvalue weighted by molar-refractivity contribution is 6.31. The van der Waals surface area contributed by atoms with E-state index in [1.165, 1.54) is 4.57 Å². The maximum Gasteiger partial charge on any atom is 0.277 e. The fourth-order valence-corrected chi connectivity index (χ4v) is 0.896. The first kappa shape index (κ1) is 8.07. The Morgan fingerprint density at radius 1 is 1.64 bits per heavy atom. The summed E-state index contributed by atoms with van der Waals surface area (Å²) in [7, 11) is 1.59. The summed E-state index contributed by atoms with van der Waals surface area (Å²) in [5.74, 6) is 0.550. The van der Waals surface area contributed by atoms with Gasteiger partial charge in [-0.05, 0) is 6.92 Å². The minimum atomic E-state index is -0.303. The van der Waals surface area contributed by atoms with Crippen LogP contribution in [0.3, 0.4) is 0 Å². The van der Waals surface area contributed by atoms with Crippen molar-refractivity contribution in [3.05, 3.63) is 21.3 Å². The smallest absolute Gasteiger partial charge is 0.277 e. The van der Waals surface area contributed by atoms with E-state index in [1.54, 1.807) is 14.0 Å². The fraction of sp³-hybridized carbons (Fsp3) is 0.333. The van der Waals surface area contributed by atoms with Crippen LogP contribution in [0.4, 0.5) is 5.69 Å². The maximum absolute atomic E-state index is 11.1. The molecule has 2 N–H and O–H groups in total. The van der Waals surface area contributed by atoms with Crippen molar-refractivity contribution in [3.63, 3.8) is 0 Å². The largest absolute Gasteiger partial charge is 0.392 e. The van der Waals surface area contributed by atoms with Gasteiger partial charge in [-0.15, -0.1) is 0 Å². The molecule has 1 heterocycles. The molecule has 1 aromatic rings. The van der Waals surface area contributed by atoms with Crippen LogP contribution in [0.25, 0.3) is 0 Å². The lowest BCUT2D eigenvalue weighted by molar-refractivity contribution is 0.779. The second-order valence-corrected chi connectivity index (χ2v) is 2.59. The molecule has 0 aliphatic heterocycles. The number of hydrogen-bond donors (Lipinski definition) is 1. The van der Waals surface area contributed by atoms with Crippen molar-refractivity contribution in [2.24, 2.45) is 7.05 Å². The van der Waals surface area contributed by atoms with Crippen LogP contribution < -0.4 is 11.3 Å². The topological polar surface area (TPSA) is 60.9 Å². The van der Waals surface area contributed by atoms with Crippen LogP contribution in [0.15, 0.2) is 4.79 Å². The van der Waals surface area contributed by atoms with Gasteiger partial charge in [-0.25, -0.2) is 4.98 Å². The van der Waals surface area contributed by atoms with Gasteiger partial charge in [-0.2, -0.15) is 0 Å². The van der Waals surface area contributed by atoms with Gasteiger partial charge < -0.3 is 5.73 Å². The number of anilines is 1. The Labute approximate surface area is 68.6 Å². The number of aromatic nitrogens is 2. The minimum absolute atomic E-state index is 0.000216. The number of nitrogens with zero attached hydrogens (tertiary/aromatic N) is 2. The second kappa shape index (κ2) is 2.54. The van der Waals surface area contributed by atoms with Crippen molar-refractivity contribution < 1.29 is 0 Å². The van der Waals surface area contributed by atoms with E-state index in [0.29, 0.717) is 5.82 Å². The Hall–Kier alpha value is -1.03. The van der Waals surface area contributed by atoms with E-state index in [9.17, 15) is 4.79 Å². The lowest BCUT2D eigenvalue weighted by Gasteiger charge is -2.03. The Bertz CT molecular complexity index is 315. The highest BCUT2D eigenvalue weighted by Gasteiger charge is 2.05. The van der Waals surface area contributed by atoms with Gasteiger partial charge in [-0.3, -0.25) is 9.36 Å².